The first-order valence-corrected chi connectivity index (χ1v) is 15.3. The number of amides is 1. The minimum absolute atomic E-state index is 0.0881. The lowest BCUT2D eigenvalue weighted by molar-refractivity contribution is -0.117. The van der Waals surface area contributed by atoms with Crippen LogP contribution >= 0.6 is 23.1 Å². The number of nitrogens with zero attached hydrogens (tertiary/aromatic N) is 3. The van der Waals surface area contributed by atoms with Gasteiger partial charge in [-0.05, 0) is 53.1 Å². The van der Waals surface area contributed by atoms with Crippen molar-refractivity contribution in [1.82, 2.24) is 10.2 Å². The van der Waals surface area contributed by atoms with E-state index in [1.54, 1.807) is 48.5 Å². The fraction of sp³-hybridized carbons (Fsp3) is 0.0588. The van der Waals surface area contributed by atoms with Crippen molar-refractivity contribution < 1.29 is 23.8 Å². The second-order valence-electron chi connectivity index (χ2n) is 9.67. The van der Waals surface area contributed by atoms with E-state index < -0.39 is 23.5 Å². The Labute approximate surface area is 261 Å². The Morgan fingerprint density at radius 1 is 0.932 bits per heavy atom. The molecule has 0 fully saturated rings. The molecular formula is C34H24FN3O4S2. The molecule has 218 valence electrons. The number of carbonyl (C=O) groups excluding carboxylic acids is 2. The molecule has 6 rings (SSSR count). The van der Waals surface area contributed by atoms with Crippen molar-refractivity contribution in [1.29, 1.82) is 0 Å². The quantitative estimate of drug-likeness (QED) is 0.0961. The number of allylic oxidation sites excluding steroid dienone is 1. The molecule has 1 atom stereocenters. The lowest BCUT2D eigenvalue weighted by Gasteiger charge is -2.24. The lowest BCUT2D eigenvalue weighted by atomic mass is 9.95. The number of benzene rings is 4. The van der Waals surface area contributed by atoms with Gasteiger partial charge in [0.1, 0.15) is 17.3 Å². The molecule has 0 spiro atoms. The molecule has 0 radical (unpaired) electrons. The van der Waals surface area contributed by atoms with E-state index in [0.29, 0.717) is 32.7 Å². The number of aromatic nitrogens is 2. The first-order valence-electron chi connectivity index (χ1n) is 13.5. The number of hydrogen-bond donors (Lipinski definition) is 1. The third kappa shape index (κ3) is 6.31. The number of halogens is 1. The average molecular weight is 622 g/mol. The van der Waals surface area contributed by atoms with Crippen LogP contribution < -0.4 is 9.64 Å². The molecule has 0 saturated carbocycles. The third-order valence-electron chi connectivity index (χ3n) is 6.76. The normalized spacial score (nSPS) is 14.9. The number of aliphatic hydroxyl groups excluding tert-OH is 1. The van der Waals surface area contributed by atoms with E-state index in [1.807, 2.05) is 60.7 Å². The van der Waals surface area contributed by atoms with Gasteiger partial charge in [0.25, 0.3) is 5.91 Å². The second kappa shape index (κ2) is 13.1. The fourth-order valence-corrected chi connectivity index (χ4v) is 6.54. The molecule has 1 aromatic heterocycles. The summed E-state index contributed by atoms with van der Waals surface area (Å²) in [6.45, 7) is 0. The molecule has 1 aliphatic heterocycles. The Bertz CT molecular complexity index is 1880. The predicted molar refractivity (Wildman–Crippen MR) is 169 cm³/mol. The number of ether oxygens (including phenoxy) is 1. The average Bonchev–Trinajstić information content (AvgIpc) is 3.62. The maximum Gasteiger partial charge on any atom is 0.296 e. The molecule has 4 aromatic carbocycles. The predicted octanol–water partition coefficient (Wildman–Crippen LogP) is 7.94. The highest BCUT2D eigenvalue weighted by Gasteiger charge is 2.45. The number of hydrogen-bond acceptors (Lipinski definition) is 8. The lowest BCUT2D eigenvalue weighted by Crippen LogP contribution is -2.30. The van der Waals surface area contributed by atoms with Gasteiger partial charge >= 0.3 is 0 Å². The van der Waals surface area contributed by atoms with Gasteiger partial charge in [0.15, 0.2) is 15.9 Å². The van der Waals surface area contributed by atoms with Crippen molar-refractivity contribution in [2.45, 2.75) is 16.1 Å². The van der Waals surface area contributed by atoms with E-state index in [4.69, 9.17) is 4.74 Å². The van der Waals surface area contributed by atoms with Crippen LogP contribution in [0.25, 0.3) is 6.08 Å². The Morgan fingerprint density at radius 2 is 1.64 bits per heavy atom. The van der Waals surface area contributed by atoms with Crippen LogP contribution in [0, 0.1) is 5.82 Å². The van der Waals surface area contributed by atoms with Crippen molar-refractivity contribution >= 4 is 46.0 Å². The largest absolute Gasteiger partial charge is 0.503 e. The molecule has 1 unspecified atom stereocenters. The molecule has 0 bridgehead atoms. The van der Waals surface area contributed by atoms with E-state index >= 15 is 0 Å². The van der Waals surface area contributed by atoms with Gasteiger partial charge in [0.05, 0.1) is 11.6 Å². The van der Waals surface area contributed by atoms with Crippen molar-refractivity contribution in [2.75, 3.05) is 4.90 Å². The zero-order chi connectivity index (χ0) is 30.5. The van der Waals surface area contributed by atoms with Gasteiger partial charge in [-0.3, -0.25) is 14.5 Å². The minimum Gasteiger partial charge on any atom is -0.503 e. The van der Waals surface area contributed by atoms with Crippen LogP contribution in [-0.4, -0.2) is 27.0 Å². The highest BCUT2D eigenvalue weighted by Crippen LogP contribution is 2.44. The first-order chi connectivity index (χ1) is 21.5. The monoisotopic (exact) mass is 621 g/mol. The van der Waals surface area contributed by atoms with Crippen molar-refractivity contribution in [3.8, 4) is 11.5 Å². The molecular weight excluding hydrogens is 598 g/mol. The van der Waals surface area contributed by atoms with Gasteiger partial charge in [0.2, 0.25) is 5.13 Å². The number of anilines is 1. The number of para-hydroxylation sites is 1. The Morgan fingerprint density at radius 3 is 2.41 bits per heavy atom. The van der Waals surface area contributed by atoms with E-state index in [9.17, 15) is 19.1 Å². The SMILES string of the molecule is O=C(C=Cc1ccccc1)C1=C(O)C(=O)N(c2nnc(SCc3ccccc3F)s2)C1c1cccc(Oc2ccccc2)c1. The zero-order valence-corrected chi connectivity index (χ0v) is 24.7. The highest BCUT2D eigenvalue weighted by molar-refractivity contribution is 8.00. The number of aliphatic hydroxyl groups is 1. The van der Waals surface area contributed by atoms with Crippen molar-refractivity contribution in [3.05, 3.63) is 149 Å². The van der Waals surface area contributed by atoms with Gasteiger partial charge in [0, 0.05) is 5.75 Å². The third-order valence-corrected chi connectivity index (χ3v) is 8.87. The van der Waals surface area contributed by atoms with Crippen LogP contribution in [0.4, 0.5) is 9.52 Å². The number of carbonyl (C=O) groups is 2. The number of rotatable bonds is 10. The first kappa shape index (κ1) is 29.0. The summed E-state index contributed by atoms with van der Waals surface area (Å²) in [5.41, 5.74) is 1.74. The van der Waals surface area contributed by atoms with Crippen LogP contribution in [-0.2, 0) is 15.3 Å². The van der Waals surface area contributed by atoms with E-state index in [0.717, 1.165) is 16.9 Å². The van der Waals surface area contributed by atoms with Crippen LogP contribution in [0.1, 0.15) is 22.7 Å². The molecule has 7 nitrogen and oxygen atoms in total. The van der Waals surface area contributed by atoms with Crippen LogP contribution in [0.5, 0.6) is 11.5 Å². The summed E-state index contributed by atoms with van der Waals surface area (Å²) in [5.74, 6) is -0.874. The number of thioether (sulfide) groups is 1. The Balaban J connectivity index is 1.34. The fourth-order valence-electron chi connectivity index (χ4n) is 4.68. The van der Waals surface area contributed by atoms with E-state index in [2.05, 4.69) is 10.2 Å². The standard InChI is InChI=1S/C34H24FN3O4S2/c35-27-17-8-7-12-24(27)21-43-34-37-36-33(44-34)38-30(23-13-9-16-26(20-23)42-25-14-5-2-6-15-25)29(31(40)32(38)41)28(39)19-18-22-10-3-1-4-11-22/h1-20,30,40H,21H2. The zero-order valence-electron chi connectivity index (χ0n) is 23.0. The molecule has 1 aliphatic rings. The molecule has 10 heteroatoms. The molecule has 0 aliphatic carbocycles. The topological polar surface area (TPSA) is 92.6 Å². The van der Waals surface area contributed by atoms with E-state index in [1.165, 1.54) is 28.8 Å². The number of ketones is 1. The summed E-state index contributed by atoms with van der Waals surface area (Å²) in [6.07, 6.45) is 2.97. The molecule has 0 saturated heterocycles. The summed E-state index contributed by atoms with van der Waals surface area (Å²) in [6, 6.07) is 30.9. The van der Waals surface area contributed by atoms with Gasteiger partial charge in [-0.1, -0.05) is 108 Å². The highest BCUT2D eigenvalue weighted by atomic mass is 32.2. The summed E-state index contributed by atoms with van der Waals surface area (Å²) in [7, 11) is 0. The molecule has 2 heterocycles. The molecule has 44 heavy (non-hydrogen) atoms. The molecule has 1 N–H and O–H groups in total. The van der Waals surface area contributed by atoms with Crippen molar-refractivity contribution in [3.63, 3.8) is 0 Å². The summed E-state index contributed by atoms with van der Waals surface area (Å²) in [4.78, 5) is 28.5. The minimum atomic E-state index is -1.01. The smallest absolute Gasteiger partial charge is 0.296 e. The van der Waals surface area contributed by atoms with Crippen LogP contribution in [0.15, 0.2) is 131 Å². The van der Waals surface area contributed by atoms with Gasteiger partial charge in [-0.15, -0.1) is 10.2 Å². The van der Waals surface area contributed by atoms with Gasteiger partial charge < -0.3 is 9.84 Å². The molecule has 1 amide bonds. The van der Waals surface area contributed by atoms with Crippen molar-refractivity contribution in [2.24, 2.45) is 0 Å². The maximum absolute atomic E-state index is 14.2. The Hall–Kier alpha value is -5.06. The summed E-state index contributed by atoms with van der Waals surface area (Å²) < 4.78 is 20.7. The summed E-state index contributed by atoms with van der Waals surface area (Å²) in [5, 5.41) is 19.7. The summed E-state index contributed by atoms with van der Waals surface area (Å²) >= 11 is 2.39. The van der Waals surface area contributed by atoms with E-state index in [-0.39, 0.29) is 16.5 Å². The van der Waals surface area contributed by atoms with Crippen LogP contribution in [0.2, 0.25) is 0 Å². The van der Waals surface area contributed by atoms with Gasteiger partial charge in [-0.25, -0.2) is 4.39 Å². The maximum atomic E-state index is 14.2. The van der Waals surface area contributed by atoms with Gasteiger partial charge in [-0.2, -0.15) is 0 Å². The van der Waals surface area contributed by atoms with Crippen LogP contribution in [0.3, 0.4) is 0 Å². The Kier molecular flexibility index (Phi) is 8.62. The second-order valence-corrected chi connectivity index (χ2v) is 11.8. The molecule has 5 aromatic rings.